The highest BCUT2D eigenvalue weighted by Gasteiger charge is 2.34. The van der Waals surface area contributed by atoms with Crippen molar-refractivity contribution in [1.29, 1.82) is 0 Å². The van der Waals surface area contributed by atoms with Crippen molar-refractivity contribution in [2.45, 2.75) is 26.3 Å². The molecule has 0 bridgehead atoms. The standard InChI is InChI=1S/C29H32FN7O5/c1-5-42-27(41)12-31-25(39)15-34(3)26(40)16-37-23-8-6-7-20(21-10-24-18(9-22(21)30)11-32-35(24)4)28(23)29(33-37)19-13-36(14-19)17(2)38/h6-11,19H,5,12-16H2,1-4H3,(H,31,39). The minimum atomic E-state index is -0.565. The number of halogens is 1. The number of hydrogen-bond donors (Lipinski definition) is 1. The molecule has 0 spiro atoms. The molecule has 42 heavy (non-hydrogen) atoms. The number of amides is 3. The predicted octanol–water partition coefficient (Wildman–Crippen LogP) is 1.81. The highest BCUT2D eigenvalue weighted by Crippen LogP contribution is 2.39. The number of aryl methyl sites for hydroxylation is 1. The van der Waals surface area contributed by atoms with E-state index in [2.05, 4.69) is 10.4 Å². The molecule has 4 aromatic rings. The van der Waals surface area contributed by atoms with Gasteiger partial charge >= 0.3 is 5.97 Å². The summed E-state index contributed by atoms with van der Waals surface area (Å²) < 4.78 is 23.5. The zero-order chi connectivity index (χ0) is 30.1. The van der Waals surface area contributed by atoms with E-state index in [0.29, 0.717) is 46.2 Å². The summed E-state index contributed by atoms with van der Waals surface area (Å²) in [6.07, 6.45) is 1.61. The molecule has 12 nitrogen and oxygen atoms in total. The van der Waals surface area contributed by atoms with Crippen molar-refractivity contribution in [2.75, 3.05) is 39.8 Å². The van der Waals surface area contributed by atoms with Gasteiger partial charge < -0.3 is 19.9 Å². The quantitative estimate of drug-likeness (QED) is 0.300. The van der Waals surface area contributed by atoms with Crippen LogP contribution in [0.3, 0.4) is 0 Å². The number of carbonyl (C=O) groups excluding carboxylic acids is 4. The Balaban J connectivity index is 1.47. The van der Waals surface area contributed by atoms with Crippen LogP contribution in [0.4, 0.5) is 4.39 Å². The summed E-state index contributed by atoms with van der Waals surface area (Å²) in [5.74, 6) is -2.00. The molecule has 0 atom stereocenters. The number of carbonyl (C=O) groups is 4. The number of ether oxygens (including phenoxy) is 1. The lowest BCUT2D eigenvalue weighted by Gasteiger charge is -2.38. The third-order valence-electron chi connectivity index (χ3n) is 7.47. The van der Waals surface area contributed by atoms with Crippen LogP contribution in [-0.4, -0.2) is 92.9 Å². The predicted molar refractivity (Wildman–Crippen MR) is 152 cm³/mol. The topological polar surface area (TPSA) is 132 Å². The van der Waals surface area contributed by atoms with Crippen LogP contribution < -0.4 is 5.32 Å². The molecule has 0 aliphatic carbocycles. The first kappa shape index (κ1) is 28.7. The van der Waals surface area contributed by atoms with Crippen LogP contribution in [-0.2, 0) is 37.5 Å². The number of benzene rings is 2. The minimum absolute atomic E-state index is 0.0408. The molecule has 1 N–H and O–H groups in total. The van der Waals surface area contributed by atoms with Gasteiger partial charge in [-0.2, -0.15) is 10.2 Å². The number of likely N-dealkylation sites (N-methyl/N-ethyl adjacent to an activating group) is 1. The average molecular weight is 578 g/mol. The smallest absolute Gasteiger partial charge is 0.325 e. The summed E-state index contributed by atoms with van der Waals surface area (Å²) in [6, 6.07) is 8.63. The average Bonchev–Trinajstić information content (AvgIpc) is 3.46. The number of esters is 1. The van der Waals surface area contributed by atoms with Crippen molar-refractivity contribution in [2.24, 2.45) is 7.05 Å². The second-order valence-corrected chi connectivity index (χ2v) is 10.4. The monoisotopic (exact) mass is 577 g/mol. The Morgan fingerprint density at radius 3 is 2.62 bits per heavy atom. The third-order valence-corrected chi connectivity index (χ3v) is 7.47. The van der Waals surface area contributed by atoms with Crippen LogP contribution in [0.5, 0.6) is 0 Å². The molecule has 0 radical (unpaired) electrons. The zero-order valence-corrected chi connectivity index (χ0v) is 23.9. The fourth-order valence-electron chi connectivity index (χ4n) is 5.17. The molecule has 5 rings (SSSR count). The van der Waals surface area contributed by atoms with E-state index < -0.39 is 17.7 Å². The van der Waals surface area contributed by atoms with E-state index in [4.69, 9.17) is 9.84 Å². The summed E-state index contributed by atoms with van der Waals surface area (Å²) in [5, 5.41) is 12.9. The molecule has 0 saturated carbocycles. The first-order valence-electron chi connectivity index (χ1n) is 13.6. The Morgan fingerprint density at radius 1 is 1.14 bits per heavy atom. The molecule has 13 heteroatoms. The zero-order valence-electron chi connectivity index (χ0n) is 23.9. The summed E-state index contributed by atoms with van der Waals surface area (Å²) in [4.78, 5) is 51.8. The maximum Gasteiger partial charge on any atom is 0.325 e. The van der Waals surface area contributed by atoms with Gasteiger partial charge in [-0.25, -0.2) is 4.39 Å². The SMILES string of the molecule is CCOC(=O)CNC(=O)CN(C)C(=O)Cn1nc(C2CN(C(C)=O)C2)c2c(-c3cc4c(cnn4C)cc3F)cccc21. The number of nitrogens with one attached hydrogen (secondary N) is 1. The molecule has 2 aromatic heterocycles. The summed E-state index contributed by atoms with van der Waals surface area (Å²) in [7, 11) is 3.28. The summed E-state index contributed by atoms with van der Waals surface area (Å²) in [5.41, 5.74) is 3.06. The fraction of sp³-hybridized carbons (Fsp3) is 0.379. The first-order valence-corrected chi connectivity index (χ1v) is 13.6. The van der Waals surface area contributed by atoms with Gasteiger partial charge in [0.15, 0.2) is 0 Å². The lowest BCUT2D eigenvalue weighted by Crippen LogP contribution is -2.47. The van der Waals surface area contributed by atoms with Crippen LogP contribution in [0.1, 0.15) is 25.5 Å². The maximum atomic E-state index is 15.5. The van der Waals surface area contributed by atoms with E-state index in [-0.39, 0.29) is 44.0 Å². The van der Waals surface area contributed by atoms with Crippen LogP contribution in [0.15, 0.2) is 36.5 Å². The molecule has 3 heterocycles. The number of aromatic nitrogens is 4. The Kier molecular flexibility index (Phi) is 7.92. The molecule has 220 valence electrons. The van der Waals surface area contributed by atoms with E-state index in [9.17, 15) is 19.2 Å². The highest BCUT2D eigenvalue weighted by atomic mass is 19.1. The largest absolute Gasteiger partial charge is 0.465 e. The van der Waals surface area contributed by atoms with Crippen LogP contribution >= 0.6 is 0 Å². The first-order chi connectivity index (χ1) is 20.1. The Morgan fingerprint density at radius 2 is 1.90 bits per heavy atom. The Hall–Kier alpha value is -4.81. The number of fused-ring (bicyclic) bond motifs is 2. The molecular weight excluding hydrogens is 545 g/mol. The molecule has 1 aliphatic rings. The number of hydrogen-bond acceptors (Lipinski definition) is 7. The second kappa shape index (κ2) is 11.6. The second-order valence-electron chi connectivity index (χ2n) is 10.4. The molecule has 2 aromatic carbocycles. The Labute approximate surface area is 241 Å². The molecule has 1 fully saturated rings. The van der Waals surface area contributed by atoms with Gasteiger partial charge in [0.05, 0.1) is 36.1 Å². The van der Waals surface area contributed by atoms with E-state index >= 15 is 4.39 Å². The van der Waals surface area contributed by atoms with Crippen molar-refractivity contribution in [3.05, 3.63) is 48.0 Å². The van der Waals surface area contributed by atoms with Crippen LogP contribution in [0, 0.1) is 5.82 Å². The lowest BCUT2D eigenvalue weighted by atomic mass is 9.90. The van der Waals surface area contributed by atoms with Crippen molar-refractivity contribution < 1.29 is 28.3 Å². The van der Waals surface area contributed by atoms with Gasteiger partial charge in [-0.05, 0) is 30.7 Å². The number of likely N-dealkylation sites (tertiary alicyclic amines) is 1. The fourth-order valence-corrected chi connectivity index (χ4v) is 5.17. The number of nitrogens with zero attached hydrogens (tertiary/aromatic N) is 6. The van der Waals surface area contributed by atoms with Gasteiger partial charge in [-0.15, -0.1) is 0 Å². The van der Waals surface area contributed by atoms with Gasteiger partial charge in [0.25, 0.3) is 0 Å². The van der Waals surface area contributed by atoms with Crippen molar-refractivity contribution in [3.8, 4) is 11.1 Å². The van der Waals surface area contributed by atoms with E-state index in [1.807, 2.05) is 12.1 Å². The van der Waals surface area contributed by atoms with Gasteiger partial charge in [0, 0.05) is 56.4 Å². The summed E-state index contributed by atoms with van der Waals surface area (Å²) in [6.45, 7) is 3.59. The Bertz CT molecular complexity index is 1710. The molecule has 1 aliphatic heterocycles. The van der Waals surface area contributed by atoms with E-state index in [0.717, 1.165) is 5.52 Å². The highest BCUT2D eigenvalue weighted by molar-refractivity contribution is 6.00. The van der Waals surface area contributed by atoms with Gasteiger partial charge in [-0.3, -0.25) is 28.5 Å². The molecule has 1 saturated heterocycles. The number of rotatable bonds is 9. The van der Waals surface area contributed by atoms with E-state index in [1.165, 1.54) is 24.9 Å². The molecule has 0 unspecified atom stereocenters. The summed E-state index contributed by atoms with van der Waals surface area (Å²) >= 11 is 0. The van der Waals surface area contributed by atoms with Gasteiger partial charge in [0.1, 0.15) is 18.9 Å². The van der Waals surface area contributed by atoms with Crippen LogP contribution in [0.2, 0.25) is 0 Å². The van der Waals surface area contributed by atoms with E-state index in [1.54, 1.807) is 46.6 Å². The molecular formula is C29H32FN7O5. The normalized spacial score (nSPS) is 13.3. The van der Waals surface area contributed by atoms with Gasteiger partial charge in [-0.1, -0.05) is 12.1 Å². The van der Waals surface area contributed by atoms with Gasteiger partial charge in [0.2, 0.25) is 17.7 Å². The minimum Gasteiger partial charge on any atom is -0.465 e. The van der Waals surface area contributed by atoms with Crippen molar-refractivity contribution >= 4 is 45.5 Å². The third kappa shape index (κ3) is 5.54. The van der Waals surface area contributed by atoms with Crippen molar-refractivity contribution in [3.63, 3.8) is 0 Å². The lowest BCUT2D eigenvalue weighted by molar-refractivity contribution is -0.143. The van der Waals surface area contributed by atoms with Crippen LogP contribution in [0.25, 0.3) is 32.9 Å². The maximum absolute atomic E-state index is 15.5. The van der Waals surface area contributed by atoms with Crippen molar-refractivity contribution in [1.82, 2.24) is 34.7 Å². The molecule has 3 amide bonds.